The number of amides is 1. The highest BCUT2D eigenvalue weighted by Gasteiger charge is 2.77. The third-order valence-electron chi connectivity index (χ3n) is 6.58. The molecule has 122 valence electrons. The largest absolute Gasteiger partial charge is 0.325 e. The molecule has 1 aromatic carbocycles. The van der Waals surface area contributed by atoms with E-state index in [0.29, 0.717) is 12.8 Å². The normalized spacial score (nSPS) is 31.5. The van der Waals surface area contributed by atoms with Crippen molar-refractivity contribution in [2.24, 2.45) is 16.2 Å². The van der Waals surface area contributed by atoms with Crippen molar-refractivity contribution in [1.29, 1.82) is 0 Å². The maximum Gasteiger partial charge on any atom is 0.239 e. The minimum Gasteiger partial charge on any atom is -0.325 e. The fraction of sp³-hybridized carbons (Fsp3) is 0.526. The summed E-state index contributed by atoms with van der Waals surface area (Å²) >= 11 is 0. The average molecular weight is 313 g/mol. The lowest BCUT2D eigenvalue weighted by Crippen LogP contribution is -2.47. The molecule has 2 bridgehead atoms. The molecule has 2 fully saturated rings. The van der Waals surface area contributed by atoms with Gasteiger partial charge in [0.2, 0.25) is 17.5 Å². The number of carbonyl (C=O) groups is 3. The first-order chi connectivity index (χ1) is 10.7. The number of aryl methyl sites for hydroxylation is 1. The Labute approximate surface area is 136 Å². The highest BCUT2D eigenvalue weighted by molar-refractivity contribution is 6.49. The predicted molar refractivity (Wildman–Crippen MR) is 88.0 cm³/mol. The molecule has 2 aliphatic rings. The van der Waals surface area contributed by atoms with Crippen molar-refractivity contribution in [3.05, 3.63) is 29.8 Å². The zero-order valence-electron chi connectivity index (χ0n) is 14.2. The first-order valence-corrected chi connectivity index (χ1v) is 8.21. The van der Waals surface area contributed by atoms with Gasteiger partial charge < -0.3 is 5.32 Å². The van der Waals surface area contributed by atoms with E-state index in [0.717, 1.165) is 17.7 Å². The number of hydrogen-bond acceptors (Lipinski definition) is 3. The van der Waals surface area contributed by atoms with Crippen molar-refractivity contribution in [3.8, 4) is 0 Å². The molecule has 23 heavy (non-hydrogen) atoms. The summed E-state index contributed by atoms with van der Waals surface area (Å²) in [5.74, 6) is -1.22. The molecule has 2 atom stereocenters. The number of ketones is 2. The zero-order valence-corrected chi connectivity index (χ0v) is 14.2. The lowest BCUT2D eigenvalue weighted by Gasteiger charge is -2.37. The van der Waals surface area contributed by atoms with Crippen LogP contribution in [0.15, 0.2) is 24.3 Å². The van der Waals surface area contributed by atoms with Crippen LogP contribution in [0.4, 0.5) is 5.69 Å². The fourth-order valence-electron chi connectivity index (χ4n) is 4.45. The molecule has 1 aromatic rings. The van der Waals surface area contributed by atoms with E-state index in [1.54, 1.807) is 0 Å². The molecule has 0 radical (unpaired) electrons. The Morgan fingerprint density at radius 1 is 1.09 bits per heavy atom. The summed E-state index contributed by atoms with van der Waals surface area (Å²) in [6.45, 7) is 7.61. The number of fused-ring (bicyclic) bond motifs is 2. The van der Waals surface area contributed by atoms with E-state index in [-0.39, 0.29) is 11.7 Å². The van der Waals surface area contributed by atoms with Crippen molar-refractivity contribution in [2.75, 3.05) is 5.32 Å². The van der Waals surface area contributed by atoms with E-state index in [1.807, 2.05) is 52.0 Å². The number of Topliss-reactive ketones (excluding diaryl/α,β-unsaturated/α-hetero) is 2. The van der Waals surface area contributed by atoms with Crippen LogP contribution in [-0.2, 0) is 20.8 Å². The van der Waals surface area contributed by atoms with Gasteiger partial charge in [-0.05, 0) is 36.3 Å². The predicted octanol–water partition coefficient (Wildman–Crippen LogP) is 3.15. The Hall–Kier alpha value is -1.97. The molecule has 1 amide bonds. The van der Waals surface area contributed by atoms with Crippen molar-refractivity contribution in [3.63, 3.8) is 0 Å². The van der Waals surface area contributed by atoms with Gasteiger partial charge >= 0.3 is 0 Å². The zero-order chi connectivity index (χ0) is 17.0. The standard InChI is InChI=1S/C19H23NO3/c1-5-12-8-6-7-9-13(12)20-16(23)19-11-10-18(4,17(19,2)3)14(21)15(19)22/h6-9H,5,10-11H2,1-4H3,(H,20,23)/t18-,19-/m0/s1. The van der Waals surface area contributed by atoms with Crippen LogP contribution in [0.2, 0.25) is 0 Å². The van der Waals surface area contributed by atoms with Gasteiger partial charge in [-0.1, -0.05) is 45.9 Å². The minimum atomic E-state index is -1.24. The van der Waals surface area contributed by atoms with Crippen molar-refractivity contribution < 1.29 is 14.4 Å². The Morgan fingerprint density at radius 2 is 1.74 bits per heavy atom. The van der Waals surface area contributed by atoms with E-state index < -0.39 is 22.0 Å². The summed E-state index contributed by atoms with van der Waals surface area (Å²) in [7, 11) is 0. The summed E-state index contributed by atoms with van der Waals surface area (Å²) < 4.78 is 0. The molecule has 0 heterocycles. The van der Waals surface area contributed by atoms with Gasteiger partial charge in [0.15, 0.2) is 0 Å². The van der Waals surface area contributed by atoms with E-state index in [4.69, 9.17) is 0 Å². The van der Waals surface area contributed by atoms with Crippen LogP contribution >= 0.6 is 0 Å². The van der Waals surface area contributed by atoms with Crippen LogP contribution in [0.25, 0.3) is 0 Å². The van der Waals surface area contributed by atoms with Crippen molar-refractivity contribution in [1.82, 2.24) is 0 Å². The van der Waals surface area contributed by atoms with Gasteiger partial charge in [0.25, 0.3) is 0 Å². The molecule has 0 spiro atoms. The number of nitrogens with one attached hydrogen (secondary N) is 1. The molecule has 0 aliphatic heterocycles. The van der Waals surface area contributed by atoms with E-state index in [9.17, 15) is 14.4 Å². The molecule has 0 aromatic heterocycles. The van der Waals surface area contributed by atoms with E-state index >= 15 is 0 Å². The molecular formula is C19H23NO3. The van der Waals surface area contributed by atoms with Gasteiger partial charge in [-0.3, -0.25) is 14.4 Å². The van der Waals surface area contributed by atoms with E-state index in [1.165, 1.54) is 0 Å². The SMILES string of the molecule is CCc1ccccc1NC(=O)[C@]12CC[C@@](C)(C(=O)C1=O)C2(C)C. The summed E-state index contributed by atoms with van der Waals surface area (Å²) in [5.41, 5.74) is -0.886. The van der Waals surface area contributed by atoms with Crippen LogP contribution in [0.1, 0.15) is 46.1 Å². The molecule has 0 unspecified atom stereocenters. The number of carbonyl (C=O) groups excluding carboxylic acids is 3. The van der Waals surface area contributed by atoms with Gasteiger partial charge in [-0.25, -0.2) is 0 Å². The lowest BCUT2D eigenvalue weighted by atomic mass is 9.64. The Kier molecular flexibility index (Phi) is 3.29. The number of hydrogen-bond donors (Lipinski definition) is 1. The third-order valence-corrected chi connectivity index (χ3v) is 6.58. The van der Waals surface area contributed by atoms with Crippen LogP contribution in [0, 0.1) is 16.2 Å². The summed E-state index contributed by atoms with van der Waals surface area (Å²) in [4.78, 5) is 38.2. The quantitative estimate of drug-likeness (QED) is 0.688. The molecule has 2 saturated carbocycles. The van der Waals surface area contributed by atoms with Gasteiger partial charge in [-0.15, -0.1) is 0 Å². The second kappa shape index (κ2) is 4.76. The lowest BCUT2D eigenvalue weighted by molar-refractivity contribution is -0.147. The highest BCUT2D eigenvalue weighted by Crippen LogP contribution is 2.69. The molecule has 0 saturated heterocycles. The second-order valence-corrected chi connectivity index (χ2v) is 7.49. The first kappa shape index (κ1) is 15.9. The molecular weight excluding hydrogens is 290 g/mol. The van der Waals surface area contributed by atoms with Crippen molar-refractivity contribution >= 4 is 23.2 Å². The molecule has 3 rings (SSSR count). The molecule has 1 N–H and O–H groups in total. The maximum atomic E-state index is 13.1. The number of rotatable bonds is 3. The van der Waals surface area contributed by atoms with Gasteiger partial charge in [0.05, 0.1) is 0 Å². The number of para-hydroxylation sites is 1. The molecule has 4 heteroatoms. The summed E-state index contributed by atoms with van der Waals surface area (Å²) in [6, 6.07) is 7.58. The Bertz CT molecular complexity index is 721. The van der Waals surface area contributed by atoms with Gasteiger partial charge in [-0.2, -0.15) is 0 Å². The summed E-state index contributed by atoms with van der Waals surface area (Å²) in [6.07, 6.45) is 1.83. The number of anilines is 1. The topological polar surface area (TPSA) is 63.2 Å². The second-order valence-electron chi connectivity index (χ2n) is 7.49. The smallest absolute Gasteiger partial charge is 0.239 e. The Morgan fingerprint density at radius 3 is 2.30 bits per heavy atom. The first-order valence-electron chi connectivity index (χ1n) is 8.21. The minimum absolute atomic E-state index is 0.331. The Balaban J connectivity index is 2.02. The average Bonchev–Trinajstić information content (AvgIpc) is 2.80. The van der Waals surface area contributed by atoms with Crippen LogP contribution < -0.4 is 5.32 Å². The van der Waals surface area contributed by atoms with Gasteiger partial charge in [0, 0.05) is 11.1 Å². The van der Waals surface area contributed by atoms with Crippen LogP contribution in [0.5, 0.6) is 0 Å². The molecule has 4 nitrogen and oxygen atoms in total. The van der Waals surface area contributed by atoms with Crippen LogP contribution in [-0.4, -0.2) is 17.5 Å². The van der Waals surface area contributed by atoms with E-state index in [2.05, 4.69) is 5.32 Å². The maximum absolute atomic E-state index is 13.1. The number of benzene rings is 1. The highest BCUT2D eigenvalue weighted by atomic mass is 16.2. The summed E-state index contributed by atoms with van der Waals surface area (Å²) in [5, 5.41) is 2.93. The monoisotopic (exact) mass is 313 g/mol. The van der Waals surface area contributed by atoms with Gasteiger partial charge in [0.1, 0.15) is 5.41 Å². The van der Waals surface area contributed by atoms with Crippen molar-refractivity contribution in [2.45, 2.75) is 47.0 Å². The molecule has 2 aliphatic carbocycles. The fourth-order valence-corrected chi connectivity index (χ4v) is 4.45. The van der Waals surface area contributed by atoms with Crippen LogP contribution in [0.3, 0.4) is 0 Å². The third kappa shape index (κ3) is 1.69.